The number of aromatic nitrogens is 2. The van der Waals surface area contributed by atoms with Gasteiger partial charge in [0.25, 0.3) is 0 Å². The molecule has 7 heteroatoms. The molecule has 0 spiro atoms. The van der Waals surface area contributed by atoms with Crippen molar-refractivity contribution in [2.24, 2.45) is 0 Å². The van der Waals surface area contributed by atoms with Gasteiger partial charge in [0.2, 0.25) is 0 Å². The molecule has 1 aliphatic heterocycles. The van der Waals surface area contributed by atoms with E-state index in [1.807, 2.05) is 6.33 Å². The summed E-state index contributed by atoms with van der Waals surface area (Å²) in [4.78, 5) is 13.4. The second kappa shape index (κ2) is 16.1. The highest BCUT2D eigenvalue weighted by atomic mass is 35.5. The summed E-state index contributed by atoms with van der Waals surface area (Å²) in [6.45, 7) is 10.0. The number of rotatable bonds is 9. The van der Waals surface area contributed by atoms with Crippen LogP contribution in [0.5, 0.6) is 0 Å². The number of aryl methyl sites for hydroxylation is 1. The summed E-state index contributed by atoms with van der Waals surface area (Å²) in [7, 11) is 0. The predicted octanol–water partition coefficient (Wildman–Crippen LogP) is 7.94. The van der Waals surface area contributed by atoms with Gasteiger partial charge in [-0.2, -0.15) is 0 Å². The second-order valence-electron chi connectivity index (χ2n) is 10.0. The molecule has 4 nitrogen and oxygen atoms in total. The highest BCUT2D eigenvalue weighted by Gasteiger charge is 2.26. The first-order valence-corrected chi connectivity index (χ1v) is 13.4. The molecule has 0 radical (unpaired) electrons. The Bertz CT molecular complexity index is 1180. The van der Waals surface area contributed by atoms with Crippen molar-refractivity contribution in [1.29, 1.82) is 0 Å². The molecule has 1 fully saturated rings. The molecule has 1 atom stereocenters. The molecule has 0 saturated carbocycles. The zero-order valence-corrected chi connectivity index (χ0v) is 25.3. The molecule has 4 aromatic rings. The van der Waals surface area contributed by atoms with E-state index in [9.17, 15) is 0 Å². The van der Waals surface area contributed by atoms with E-state index in [1.165, 1.54) is 35.1 Å². The van der Waals surface area contributed by atoms with Crippen molar-refractivity contribution >= 4 is 37.2 Å². The molecule has 0 amide bonds. The van der Waals surface area contributed by atoms with Crippen LogP contribution in [0.4, 0.5) is 0 Å². The van der Waals surface area contributed by atoms with Crippen molar-refractivity contribution in [2.75, 3.05) is 32.7 Å². The third-order valence-electron chi connectivity index (χ3n) is 7.80. The van der Waals surface area contributed by atoms with Crippen LogP contribution in [0.1, 0.15) is 54.1 Å². The van der Waals surface area contributed by atoms with Crippen LogP contribution < -0.4 is 0 Å². The van der Waals surface area contributed by atoms with Gasteiger partial charge in [0.1, 0.15) is 0 Å². The van der Waals surface area contributed by atoms with Crippen molar-refractivity contribution in [1.82, 2.24) is 19.8 Å². The van der Waals surface area contributed by atoms with E-state index < -0.39 is 0 Å². The van der Waals surface area contributed by atoms with Crippen molar-refractivity contribution in [2.45, 2.75) is 38.6 Å². The lowest BCUT2D eigenvalue weighted by atomic mass is 9.87. The Hall–Kier alpha value is -2.34. The topological polar surface area (TPSA) is 35.2 Å². The average molecular weight is 588 g/mol. The van der Waals surface area contributed by atoms with Crippen molar-refractivity contribution in [3.63, 3.8) is 0 Å². The summed E-state index contributed by atoms with van der Waals surface area (Å²) < 4.78 is 0. The van der Waals surface area contributed by atoms with Gasteiger partial charge in [-0.25, -0.2) is 4.98 Å². The quantitative estimate of drug-likeness (QED) is 0.216. The van der Waals surface area contributed by atoms with Crippen molar-refractivity contribution in [3.05, 3.63) is 114 Å². The monoisotopic (exact) mass is 586 g/mol. The second-order valence-corrected chi connectivity index (χ2v) is 10.0. The number of halogens is 3. The van der Waals surface area contributed by atoms with Gasteiger partial charge in [-0.1, -0.05) is 84.9 Å². The number of hydrogen-bond acceptors (Lipinski definition) is 3. The van der Waals surface area contributed by atoms with E-state index in [2.05, 4.69) is 114 Å². The van der Waals surface area contributed by atoms with Crippen LogP contribution in [-0.4, -0.2) is 52.5 Å². The maximum atomic E-state index is 4.74. The van der Waals surface area contributed by atoms with Crippen LogP contribution in [0.25, 0.3) is 11.3 Å². The van der Waals surface area contributed by atoms with Crippen LogP contribution >= 0.6 is 37.2 Å². The van der Waals surface area contributed by atoms with Gasteiger partial charge in [0.05, 0.1) is 23.8 Å². The predicted molar refractivity (Wildman–Crippen MR) is 171 cm³/mol. The largest absolute Gasteiger partial charge is 0.344 e. The number of nitrogens with zero attached hydrogens (tertiary/aromatic N) is 3. The lowest BCUT2D eigenvalue weighted by molar-refractivity contribution is 0.0998. The zero-order valence-electron chi connectivity index (χ0n) is 22.8. The SMILES string of the molecule is Cc1ccccc1-c1[nH]cnc1C(C)N1CCN(CCCC(c2ccccc2)c2ccccc2)CC1.Cl.Cl.Cl. The number of benzene rings is 3. The summed E-state index contributed by atoms with van der Waals surface area (Å²) in [5.41, 5.74) is 7.70. The zero-order chi connectivity index (χ0) is 24.7. The summed E-state index contributed by atoms with van der Waals surface area (Å²) in [5, 5.41) is 0. The molecule has 1 saturated heterocycles. The van der Waals surface area contributed by atoms with Gasteiger partial charge in [0, 0.05) is 37.7 Å². The molecule has 1 aliphatic rings. The first-order chi connectivity index (χ1) is 17.7. The van der Waals surface area contributed by atoms with E-state index in [-0.39, 0.29) is 37.2 Å². The first-order valence-electron chi connectivity index (χ1n) is 13.4. The molecule has 1 unspecified atom stereocenters. The molecule has 0 bridgehead atoms. The van der Waals surface area contributed by atoms with Crippen molar-refractivity contribution < 1.29 is 0 Å². The Morgan fingerprint density at radius 3 is 1.92 bits per heavy atom. The Labute approximate surface area is 252 Å². The standard InChI is InChI=1S/C32H38N4.3ClH/c1-25-12-9-10-17-29(25)32-31(33-24-34-32)26(2)36-22-20-35(21-23-36)19-11-18-30(27-13-5-3-6-14-27)28-15-7-4-8-16-28;;;/h3-10,12-17,24,26,30H,11,18-23H2,1-2H3,(H,33,34);3*1H. The van der Waals surface area contributed by atoms with Crippen LogP contribution in [0.2, 0.25) is 0 Å². The Morgan fingerprint density at radius 2 is 1.33 bits per heavy atom. The molecule has 210 valence electrons. The third kappa shape index (κ3) is 8.09. The van der Waals surface area contributed by atoms with Gasteiger partial charge >= 0.3 is 0 Å². The Kier molecular flexibility index (Phi) is 13.5. The van der Waals surface area contributed by atoms with Crippen LogP contribution in [0.15, 0.2) is 91.3 Å². The molecule has 39 heavy (non-hydrogen) atoms. The minimum absolute atomic E-state index is 0. The normalized spacial score (nSPS) is 14.6. The fourth-order valence-electron chi connectivity index (χ4n) is 5.65. The van der Waals surface area contributed by atoms with E-state index in [4.69, 9.17) is 4.98 Å². The van der Waals surface area contributed by atoms with Crippen LogP contribution in [0, 0.1) is 6.92 Å². The number of piperazine rings is 1. The maximum absolute atomic E-state index is 4.74. The number of nitrogens with one attached hydrogen (secondary N) is 1. The molecule has 2 heterocycles. The summed E-state index contributed by atoms with van der Waals surface area (Å²) in [6, 6.07) is 30.8. The van der Waals surface area contributed by atoms with E-state index >= 15 is 0 Å². The Balaban J connectivity index is 0.00000178. The summed E-state index contributed by atoms with van der Waals surface area (Å²) >= 11 is 0. The van der Waals surface area contributed by atoms with Gasteiger partial charge in [-0.15, -0.1) is 37.2 Å². The van der Waals surface area contributed by atoms with Gasteiger partial charge in [-0.3, -0.25) is 4.90 Å². The lowest BCUT2D eigenvalue weighted by Crippen LogP contribution is -2.47. The minimum atomic E-state index is 0. The van der Waals surface area contributed by atoms with Crippen molar-refractivity contribution in [3.8, 4) is 11.3 Å². The summed E-state index contributed by atoms with van der Waals surface area (Å²) in [5.74, 6) is 0.466. The molecule has 1 aromatic heterocycles. The lowest BCUT2D eigenvalue weighted by Gasteiger charge is -2.38. The maximum Gasteiger partial charge on any atom is 0.0928 e. The fourth-order valence-corrected chi connectivity index (χ4v) is 5.65. The van der Waals surface area contributed by atoms with E-state index in [0.29, 0.717) is 12.0 Å². The molecule has 5 rings (SSSR count). The molecular weight excluding hydrogens is 547 g/mol. The number of aromatic amines is 1. The first kappa shape index (κ1) is 32.9. The highest BCUT2D eigenvalue weighted by molar-refractivity contribution is 5.86. The van der Waals surface area contributed by atoms with E-state index in [0.717, 1.165) is 44.1 Å². The third-order valence-corrected chi connectivity index (χ3v) is 7.80. The number of imidazole rings is 1. The Morgan fingerprint density at radius 1 is 0.769 bits per heavy atom. The number of hydrogen-bond donors (Lipinski definition) is 1. The smallest absolute Gasteiger partial charge is 0.0928 e. The number of H-pyrrole nitrogens is 1. The minimum Gasteiger partial charge on any atom is -0.344 e. The highest BCUT2D eigenvalue weighted by Crippen LogP contribution is 2.32. The van der Waals surface area contributed by atoms with Crippen LogP contribution in [-0.2, 0) is 0 Å². The average Bonchev–Trinajstić information content (AvgIpc) is 3.42. The van der Waals surface area contributed by atoms with Gasteiger partial charge in [-0.05, 0) is 49.9 Å². The summed E-state index contributed by atoms with van der Waals surface area (Å²) in [6.07, 6.45) is 4.23. The van der Waals surface area contributed by atoms with Gasteiger partial charge in [0.15, 0.2) is 0 Å². The fraction of sp³-hybridized carbons (Fsp3) is 0.344. The molecule has 3 aromatic carbocycles. The van der Waals surface area contributed by atoms with E-state index in [1.54, 1.807) is 0 Å². The van der Waals surface area contributed by atoms with Crippen LogP contribution in [0.3, 0.4) is 0 Å². The molecule has 0 aliphatic carbocycles. The molecule has 1 N–H and O–H groups in total. The molecular formula is C32H41Cl3N4. The van der Waals surface area contributed by atoms with Gasteiger partial charge < -0.3 is 9.88 Å².